The lowest BCUT2D eigenvalue weighted by atomic mass is 10.2. The number of hydrogen-bond donors (Lipinski definition) is 0. The van der Waals surface area contributed by atoms with E-state index in [0.717, 1.165) is 31.7 Å². The highest BCUT2D eigenvalue weighted by Crippen LogP contribution is 2.43. The largest absolute Gasteiger partial charge is 0.586 e. The molecule has 0 spiro atoms. The number of hydrogen-bond acceptors (Lipinski definition) is 4. The number of ether oxygens (including phenoxy) is 2. The Bertz CT molecular complexity index is 552. The number of benzene rings is 1. The van der Waals surface area contributed by atoms with Crippen LogP contribution < -0.4 is 14.4 Å². The molecule has 0 saturated carbocycles. The van der Waals surface area contributed by atoms with Gasteiger partial charge in [0.2, 0.25) is 0 Å². The minimum absolute atomic E-state index is 0.112. The van der Waals surface area contributed by atoms with Gasteiger partial charge in [0.15, 0.2) is 11.5 Å². The molecule has 3 aliphatic rings. The van der Waals surface area contributed by atoms with Crippen molar-refractivity contribution in [2.24, 2.45) is 0 Å². The van der Waals surface area contributed by atoms with Crippen molar-refractivity contribution in [3.63, 3.8) is 0 Å². The van der Waals surface area contributed by atoms with Crippen molar-refractivity contribution in [3.8, 4) is 11.5 Å². The highest BCUT2D eigenvalue weighted by atomic mass is 19.3. The fourth-order valence-electron chi connectivity index (χ4n) is 3.58. The zero-order valence-electron chi connectivity index (χ0n) is 11.7. The van der Waals surface area contributed by atoms with Gasteiger partial charge in [-0.1, -0.05) is 0 Å². The molecule has 0 amide bonds. The van der Waals surface area contributed by atoms with Gasteiger partial charge in [-0.05, 0) is 37.9 Å². The molecule has 3 heterocycles. The van der Waals surface area contributed by atoms with E-state index in [1.165, 1.54) is 19.4 Å². The molecule has 0 aliphatic carbocycles. The molecule has 1 aromatic carbocycles. The summed E-state index contributed by atoms with van der Waals surface area (Å²) in [5.41, 5.74) is 0.934. The van der Waals surface area contributed by atoms with Crippen LogP contribution in [0.15, 0.2) is 18.2 Å². The van der Waals surface area contributed by atoms with E-state index in [9.17, 15) is 8.78 Å². The normalized spacial score (nSPS) is 27.5. The van der Waals surface area contributed by atoms with Gasteiger partial charge in [0.25, 0.3) is 0 Å². The Morgan fingerprint density at radius 2 is 1.86 bits per heavy atom. The highest BCUT2D eigenvalue weighted by molar-refractivity contribution is 5.57. The van der Waals surface area contributed by atoms with Gasteiger partial charge in [-0.2, -0.15) is 0 Å². The Balaban J connectivity index is 1.56. The van der Waals surface area contributed by atoms with Crippen LogP contribution in [-0.4, -0.2) is 43.4 Å². The van der Waals surface area contributed by atoms with Gasteiger partial charge in [-0.3, -0.25) is 4.90 Å². The molecule has 0 radical (unpaired) electrons. The Labute approximate surface area is 122 Å². The Morgan fingerprint density at radius 1 is 1.05 bits per heavy atom. The third-order valence-electron chi connectivity index (χ3n) is 4.55. The molecule has 6 heteroatoms. The lowest BCUT2D eigenvalue weighted by Gasteiger charge is -2.27. The molecule has 2 fully saturated rings. The summed E-state index contributed by atoms with van der Waals surface area (Å²) in [6, 6.07) is 5.66. The second-order valence-electron chi connectivity index (χ2n) is 5.93. The first kappa shape index (κ1) is 13.1. The van der Waals surface area contributed by atoms with E-state index < -0.39 is 6.29 Å². The lowest BCUT2D eigenvalue weighted by molar-refractivity contribution is -0.286. The molecule has 1 unspecified atom stereocenters. The second-order valence-corrected chi connectivity index (χ2v) is 5.93. The van der Waals surface area contributed by atoms with Gasteiger partial charge in [0.1, 0.15) is 0 Å². The third kappa shape index (κ3) is 2.41. The first-order valence-corrected chi connectivity index (χ1v) is 7.50. The first-order valence-electron chi connectivity index (χ1n) is 7.50. The minimum atomic E-state index is -3.54. The molecular weight excluding hydrogens is 278 g/mol. The number of nitrogens with zero attached hydrogens (tertiary/aromatic N) is 2. The highest BCUT2D eigenvalue weighted by Gasteiger charge is 2.43. The summed E-state index contributed by atoms with van der Waals surface area (Å²) < 4.78 is 35.2. The summed E-state index contributed by atoms with van der Waals surface area (Å²) in [6.45, 7) is 4.22. The van der Waals surface area contributed by atoms with Crippen molar-refractivity contribution in [2.45, 2.75) is 31.6 Å². The summed E-state index contributed by atoms with van der Waals surface area (Å²) >= 11 is 0. The third-order valence-corrected chi connectivity index (χ3v) is 4.55. The molecular formula is C15H18F2N2O2. The number of halogens is 2. The number of anilines is 1. The molecule has 4 rings (SSSR count). The maximum atomic E-state index is 13.1. The number of fused-ring (bicyclic) bond motifs is 2. The summed E-state index contributed by atoms with van der Waals surface area (Å²) in [7, 11) is 0. The van der Waals surface area contributed by atoms with Crippen molar-refractivity contribution < 1.29 is 18.3 Å². The summed E-state index contributed by atoms with van der Waals surface area (Å²) in [4.78, 5) is 4.82. The van der Waals surface area contributed by atoms with Gasteiger partial charge >= 0.3 is 6.29 Å². The van der Waals surface area contributed by atoms with Gasteiger partial charge in [-0.15, -0.1) is 8.78 Å². The Kier molecular flexibility index (Phi) is 2.96. The smallest absolute Gasteiger partial charge is 0.395 e. The van der Waals surface area contributed by atoms with Crippen LogP contribution in [0, 0.1) is 0 Å². The number of rotatable bonds is 1. The molecule has 0 aromatic heterocycles. The van der Waals surface area contributed by atoms with E-state index in [4.69, 9.17) is 0 Å². The molecule has 1 atom stereocenters. The van der Waals surface area contributed by atoms with Crippen LogP contribution in [-0.2, 0) is 0 Å². The van der Waals surface area contributed by atoms with Crippen LogP contribution in [0.2, 0.25) is 0 Å². The molecule has 21 heavy (non-hydrogen) atoms. The topological polar surface area (TPSA) is 24.9 Å². The summed E-state index contributed by atoms with van der Waals surface area (Å²) in [6.07, 6.45) is 0.0358. The van der Waals surface area contributed by atoms with Crippen molar-refractivity contribution in [2.75, 3.05) is 31.1 Å². The molecule has 3 aliphatic heterocycles. The van der Waals surface area contributed by atoms with Crippen molar-refractivity contribution in [3.05, 3.63) is 18.2 Å². The Hall–Kier alpha value is -1.56. The zero-order chi connectivity index (χ0) is 14.4. The summed E-state index contributed by atoms with van der Waals surface area (Å²) in [5.74, 6) is 0.242. The maximum Gasteiger partial charge on any atom is 0.586 e. The fraction of sp³-hybridized carbons (Fsp3) is 0.600. The standard InChI is InChI=1S/C15H18F2N2O2/c16-15(17)20-13-5-4-11(9-14(13)21-15)19-8-2-7-18-6-1-3-12(18)10-19/h4-5,9,12H,1-3,6-8,10H2. The average Bonchev–Trinajstić information content (AvgIpc) is 2.93. The van der Waals surface area contributed by atoms with Gasteiger partial charge < -0.3 is 14.4 Å². The molecule has 2 saturated heterocycles. The van der Waals surface area contributed by atoms with E-state index in [-0.39, 0.29) is 11.5 Å². The number of alkyl halides is 2. The van der Waals surface area contributed by atoms with Crippen molar-refractivity contribution in [1.29, 1.82) is 0 Å². The van der Waals surface area contributed by atoms with Crippen molar-refractivity contribution in [1.82, 2.24) is 4.90 Å². The average molecular weight is 296 g/mol. The van der Waals surface area contributed by atoms with E-state index in [1.807, 2.05) is 6.07 Å². The molecule has 1 aromatic rings. The van der Waals surface area contributed by atoms with E-state index in [2.05, 4.69) is 19.3 Å². The van der Waals surface area contributed by atoms with E-state index >= 15 is 0 Å². The van der Waals surface area contributed by atoms with Crippen LogP contribution in [0.3, 0.4) is 0 Å². The molecule has 114 valence electrons. The molecule has 0 N–H and O–H groups in total. The quantitative estimate of drug-likeness (QED) is 0.795. The predicted octanol–water partition coefficient (Wildman–Crippen LogP) is 2.68. The van der Waals surface area contributed by atoms with E-state index in [1.54, 1.807) is 12.1 Å². The molecule has 4 nitrogen and oxygen atoms in total. The minimum Gasteiger partial charge on any atom is -0.395 e. The van der Waals surface area contributed by atoms with Crippen LogP contribution in [0.5, 0.6) is 11.5 Å². The fourth-order valence-corrected chi connectivity index (χ4v) is 3.58. The second kappa shape index (κ2) is 4.73. The SMILES string of the molecule is FC1(F)Oc2ccc(N3CCCN4CCCC4C3)cc2O1. The predicted molar refractivity (Wildman–Crippen MR) is 74.1 cm³/mol. The lowest BCUT2D eigenvalue weighted by Crippen LogP contribution is -2.36. The van der Waals surface area contributed by atoms with Gasteiger partial charge in [0, 0.05) is 37.4 Å². The van der Waals surface area contributed by atoms with Gasteiger partial charge in [0.05, 0.1) is 0 Å². The monoisotopic (exact) mass is 296 g/mol. The zero-order valence-corrected chi connectivity index (χ0v) is 11.7. The van der Waals surface area contributed by atoms with Crippen molar-refractivity contribution >= 4 is 5.69 Å². The van der Waals surface area contributed by atoms with Crippen LogP contribution in [0.1, 0.15) is 19.3 Å². The van der Waals surface area contributed by atoms with E-state index in [0.29, 0.717) is 6.04 Å². The summed E-state index contributed by atoms with van der Waals surface area (Å²) in [5, 5.41) is 0. The maximum absolute atomic E-state index is 13.1. The van der Waals surface area contributed by atoms with Crippen LogP contribution in [0.4, 0.5) is 14.5 Å². The van der Waals surface area contributed by atoms with Gasteiger partial charge in [-0.25, -0.2) is 0 Å². The van der Waals surface area contributed by atoms with Crippen LogP contribution in [0.25, 0.3) is 0 Å². The Morgan fingerprint density at radius 3 is 2.76 bits per heavy atom. The molecule has 0 bridgehead atoms. The first-order chi connectivity index (χ1) is 10.1. The van der Waals surface area contributed by atoms with Crippen LogP contribution >= 0.6 is 0 Å².